The number of hydrogen-bond donors (Lipinski definition) is 2. The lowest BCUT2D eigenvalue weighted by Crippen LogP contribution is -2.18. The number of halogens is 1. The fraction of sp³-hybridized carbons (Fsp3) is 0.263. The van der Waals surface area contributed by atoms with Crippen LogP contribution in [0.1, 0.15) is 29.8 Å². The first kappa shape index (κ1) is 18.4. The van der Waals surface area contributed by atoms with E-state index in [4.69, 9.17) is 4.74 Å². The Kier molecular flexibility index (Phi) is 5.75. The van der Waals surface area contributed by atoms with Gasteiger partial charge < -0.3 is 15.4 Å². The molecule has 0 unspecified atom stereocenters. The average molecular weight is 344 g/mol. The average Bonchev–Trinajstić information content (AvgIpc) is 2.58. The molecule has 0 fully saturated rings. The van der Waals surface area contributed by atoms with E-state index in [1.807, 2.05) is 6.92 Å². The van der Waals surface area contributed by atoms with Crippen LogP contribution in [0.25, 0.3) is 0 Å². The molecule has 0 saturated heterocycles. The molecule has 25 heavy (non-hydrogen) atoms. The highest BCUT2D eigenvalue weighted by atomic mass is 19.1. The summed E-state index contributed by atoms with van der Waals surface area (Å²) in [6.45, 7) is 5.44. The lowest BCUT2D eigenvalue weighted by atomic mass is 10.1. The first-order valence-corrected chi connectivity index (χ1v) is 7.88. The van der Waals surface area contributed by atoms with Crippen molar-refractivity contribution in [2.24, 2.45) is 5.92 Å². The number of amides is 2. The molecule has 2 aromatic carbocycles. The van der Waals surface area contributed by atoms with Gasteiger partial charge in [0.25, 0.3) is 5.91 Å². The lowest BCUT2D eigenvalue weighted by Gasteiger charge is -2.13. The van der Waals surface area contributed by atoms with Gasteiger partial charge in [-0.2, -0.15) is 0 Å². The maximum atomic E-state index is 13.5. The highest BCUT2D eigenvalue weighted by Crippen LogP contribution is 2.23. The zero-order chi connectivity index (χ0) is 18.6. The van der Waals surface area contributed by atoms with E-state index in [2.05, 4.69) is 10.6 Å². The Bertz CT molecular complexity index is 803. The molecule has 2 rings (SSSR count). The first-order chi connectivity index (χ1) is 11.8. The fourth-order valence-corrected chi connectivity index (χ4v) is 2.12. The van der Waals surface area contributed by atoms with Gasteiger partial charge in [0.2, 0.25) is 5.91 Å². The molecule has 2 aromatic rings. The molecule has 2 amide bonds. The van der Waals surface area contributed by atoms with Gasteiger partial charge in [-0.25, -0.2) is 4.39 Å². The van der Waals surface area contributed by atoms with Crippen molar-refractivity contribution in [1.82, 2.24) is 0 Å². The Morgan fingerprint density at radius 3 is 2.44 bits per heavy atom. The van der Waals surface area contributed by atoms with Crippen LogP contribution in [0.5, 0.6) is 5.75 Å². The van der Waals surface area contributed by atoms with Crippen molar-refractivity contribution in [3.8, 4) is 5.75 Å². The summed E-state index contributed by atoms with van der Waals surface area (Å²) in [4.78, 5) is 24.2. The SMILES string of the molecule is COc1cc(C(=O)Nc2cc(NC(=O)C(C)C)ccc2C)ccc1F. The summed E-state index contributed by atoms with van der Waals surface area (Å²) >= 11 is 0. The predicted molar refractivity (Wildman–Crippen MR) is 95.6 cm³/mol. The Labute approximate surface area is 146 Å². The van der Waals surface area contributed by atoms with Crippen molar-refractivity contribution in [3.63, 3.8) is 0 Å². The zero-order valence-corrected chi connectivity index (χ0v) is 14.6. The van der Waals surface area contributed by atoms with Crippen LogP contribution in [0.2, 0.25) is 0 Å². The number of benzene rings is 2. The van der Waals surface area contributed by atoms with Crippen molar-refractivity contribution in [2.45, 2.75) is 20.8 Å². The molecular formula is C19H21FN2O3. The van der Waals surface area contributed by atoms with Crippen LogP contribution >= 0.6 is 0 Å². The predicted octanol–water partition coefficient (Wildman–Crippen LogP) is 3.99. The number of anilines is 2. The Balaban J connectivity index is 2.21. The maximum absolute atomic E-state index is 13.5. The number of aryl methyl sites for hydroxylation is 1. The van der Waals surface area contributed by atoms with Crippen molar-refractivity contribution >= 4 is 23.2 Å². The topological polar surface area (TPSA) is 67.4 Å². The largest absolute Gasteiger partial charge is 0.494 e. The number of rotatable bonds is 5. The van der Waals surface area contributed by atoms with Gasteiger partial charge in [0.05, 0.1) is 7.11 Å². The van der Waals surface area contributed by atoms with E-state index in [1.165, 1.54) is 25.3 Å². The first-order valence-electron chi connectivity index (χ1n) is 7.88. The molecule has 0 aliphatic heterocycles. The molecule has 0 spiro atoms. The summed E-state index contributed by atoms with van der Waals surface area (Å²) in [7, 11) is 1.34. The minimum atomic E-state index is -0.534. The number of hydrogen-bond acceptors (Lipinski definition) is 3. The van der Waals surface area contributed by atoms with E-state index in [0.29, 0.717) is 11.4 Å². The summed E-state index contributed by atoms with van der Waals surface area (Å²) < 4.78 is 18.4. The molecule has 0 radical (unpaired) electrons. The van der Waals surface area contributed by atoms with Crippen LogP contribution in [0.3, 0.4) is 0 Å². The number of methoxy groups -OCH3 is 1. The molecule has 0 aliphatic carbocycles. The summed E-state index contributed by atoms with van der Waals surface area (Å²) in [6.07, 6.45) is 0. The second-order valence-electron chi connectivity index (χ2n) is 5.98. The van der Waals surface area contributed by atoms with Crippen LogP contribution in [0, 0.1) is 18.7 Å². The van der Waals surface area contributed by atoms with Crippen LogP contribution in [-0.2, 0) is 4.79 Å². The second kappa shape index (κ2) is 7.79. The molecular weight excluding hydrogens is 323 g/mol. The minimum Gasteiger partial charge on any atom is -0.494 e. The number of ether oxygens (including phenoxy) is 1. The molecule has 0 aliphatic rings. The number of carbonyl (C=O) groups is 2. The van der Waals surface area contributed by atoms with Gasteiger partial charge in [0, 0.05) is 22.9 Å². The number of carbonyl (C=O) groups excluding carboxylic acids is 2. The van der Waals surface area contributed by atoms with Crippen LogP contribution in [0.15, 0.2) is 36.4 Å². The second-order valence-corrected chi connectivity index (χ2v) is 5.98. The van der Waals surface area contributed by atoms with Crippen molar-refractivity contribution in [3.05, 3.63) is 53.3 Å². The smallest absolute Gasteiger partial charge is 0.255 e. The Morgan fingerprint density at radius 2 is 1.80 bits per heavy atom. The third kappa shape index (κ3) is 4.56. The summed E-state index contributed by atoms with van der Waals surface area (Å²) in [6, 6.07) is 9.16. The van der Waals surface area contributed by atoms with E-state index in [0.717, 1.165) is 5.56 Å². The quantitative estimate of drug-likeness (QED) is 0.862. The monoisotopic (exact) mass is 344 g/mol. The van der Waals surface area contributed by atoms with Crippen molar-refractivity contribution in [1.29, 1.82) is 0 Å². The highest BCUT2D eigenvalue weighted by Gasteiger charge is 2.13. The van der Waals surface area contributed by atoms with E-state index in [-0.39, 0.29) is 23.1 Å². The minimum absolute atomic E-state index is 0.00215. The molecule has 0 aromatic heterocycles. The molecule has 6 heteroatoms. The standard InChI is InChI=1S/C19H21FN2O3/c1-11(2)18(23)21-14-7-5-12(3)16(10-14)22-19(24)13-6-8-15(20)17(9-13)25-4/h5-11H,1-4H3,(H,21,23)(H,22,24). The Morgan fingerprint density at radius 1 is 1.08 bits per heavy atom. The van der Waals surface area contributed by atoms with Gasteiger partial charge >= 0.3 is 0 Å². The van der Waals surface area contributed by atoms with Gasteiger partial charge in [-0.3, -0.25) is 9.59 Å². The normalized spacial score (nSPS) is 10.5. The third-order valence-corrected chi connectivity index (χ3v) is 3.69. The highest BCUT2D eigenvalue weighted by molar-refractivity contribution is 6.05. The molecule has 0 saturated carbocycles. The summed E-state index contributed by atoms with van der Waals surface area (Å²) in [5.41, 5.74) is 2.27. The lowest BCUT2D eigenvalue weighted by molar-refractivity contribution is -0.118. The molecule has 132 valence electrons. The summed E-state index contributed by atoms with van der Waals surface area (Å²) in [5.74, 6) is -1.18. The van der Waals surface area contributed by atoms with Gasteiger partial charge in [-0.1, -0.05) is 19.9 Å². The van der Waals surface area contributed by atoms with Crippen LogP contribution in [-0.4, -0.2) is 18.9 Å². The molecule has 2 N–H and O–H groups in total. The van der Waals surface area contributed by atoms with E-state index < -0.39 is 11.7 Å². The molecule has 0 heterocycles. The van der Waals surface area contributed by atoms with Crippen molar-refractivity contribution < 1.29 is 18.7 Å². The van der Waals surface area contributed by atoms with Crippen LogP contribution in [0.4, 0.5) is 15.8 Å². The molecule has 5 nitrogen and oxygen atoms in total. The van der Waals surface area contributed by atoms with E-state index in [1.54, 1.807) is 32.0 Å². The number of nitrogens with one attached hydrogen (secondary N) is 2. The van der Waals surface area contributed by atoms with Gasteiger partial charge in [0.15, 0.2) is 11.6 Å². The van der Waals surface area contributed by atoms with E-state index >= 15 is 0 Å². The van der Waals surface area contributed by atoms with Crippen molar-refractivity contribution in [2.75, 3.05) is 17.7 Å². The van der Waals surface area contributed by atoms with Gasteiger partial charge in [0.1, 0.15) is 0 Å². The van der Waals surface area contributed by atoms with Gasteiger partial charge in [-0.05, 0) is 42.8 Å². The molecule has 0 bridgehead atoms. The molecule has 0 atom stereocenters. The van der Waals surface area contributed by atoms with E-state index in [9.17, 15) is 14.0 Å². The van der Waals surface area contributed by atoms with Gasteiger partial charge in [-0.15, -0.1) is 0 Å². The fourth-order valence-electron chi connectivity index (χ4n) is 2.12. The van der Waals surface area contributed by atoms with Crippen LogP contribution < -0.4 is 15.4 Å². The Hall–Kier alpha value is -2.89. The summed E-state index contributed by atoms with van der Waals surface area (Å²) in [5, 5.41) is 5.56. The maximum Gasteiger partial charge on any atom is 0.255 e. The third-order valence-electron chi connectivity index (χ3n) is 3.69. The zero-order valence-electron chi connectivity index (χ0n) is 14.6.